The van der Waals surface area contributed by atoms with Crippen LogP contribution in [0.3, 0.4) is 0 Å². The number of esters is 1. The number of carbonyl (C=O) groups excluding carboxylic acids is 2. The number of carbonyl (C=O) groups is 2. The zero-order valence-electron chi connectivity index (χ0n) is 16.9. The molecule has 3 rings (SSSR count). The number of fused-ring (bicyclic) bond motifs is 1. The van der Waals surface area contributed by atoms with Gasteiger partial charge in [-0.2, -0.15) is 25.2 Å². The van der Waals surface area contributed by atoms with Crippen molar-refractivity contribution in [2.24, 2.45) is 0 Å². The summed E-state index contributed by atoms with van der Waals surface area (Å²) in [6, 6.07) is 10.4. The molecule has 0 aliphatic carbocycles. The van der Waals surface area contributed by atoms with Crippen LogP contribution in [0.1, 0.15) is 22.3 Å². The Labute approximate surface area is 188 Å². The second kappa shape index (κ2) is 10.3. The lowest BCUT2D eigenvalue weighted by Crippen LogP contribution is -2.42. The fourth-order valence-electron chi connectivity index (χ4n) is 2.77. The minimum Gasteiger partial charge on any atom is -0.456 e. The Hall–Kier alpha value is -2.34. The molecule has 0 fully saturated rings. The molecule has 8 nitrogen and oxygen atoms in total. The lowest BCUT2D eigenvalue weighted by atomic mass is 10.1. The molecule has 1 N–H and O–H groups in total. The van der Waals surface area contributed by atoms with Crippen molar-refractivity contribution >= 4 is 56.3 Å². The average Bonchev–Trinajstić information content (AvgIpc) is 3.24. The molecular formula is C20H21N3O5S3. The molecule has 0 saturated heterocycles. The highest BCUT2D eigenvalue weighted by molar-refractivity contribution is 7.98. The molecule has 1 aromatic heterocycles. The summed E-state index contributed by atoms with van der Waals surface area (Å²) in [7, 11) is -4.07. The van der Waals surface area contributed by atoms with Gasteiger partial charge in [0, 0.05) is 5.56 Å². The number of nitrogens with zero attached hydrogens (tertiary/aromatic N) is 2. The molecule has 0 radical (unpaired) electrons. The molecule has 0 unspecified atom stereocenters. The number of nitrogens with one attached hydrogen (secondary N) is 1. The van der Waals surface area contributed by atoms with Crippen LogP contribution in [0.2, 0.25) is 0 Å². The van der Waals surface area contributed by atoms with Crippen molar-refractivity contribution in [2.75, 3.05) is 18.6 Å². The number of rotatable bonds is 10. The molecule has 2 aromatic carbocycles. The number of thioether (sulfide) groups is 1. The van der Waals surface area contributed by atoms with Gasteiger partial charge in [-0.3, -0.25) is 9.59 Å². The SMILES string of the molecule is CSCC[C@@H](NS(=O)(=O)c1cccc2nsnc12)C(=O)OCC(=O)c1ccc(C)cc1. The summed E-state index contributed by atoms with van der Waals surface area (Å²) in [6.07, 6.45) is 2.06. The third-order valence-corrected chi connectivity index (χ3v) is 7.14. The van der Waals surface area contributed by atoms with E-state index in [1.54, 1.807) is 36.4 Å². The number of Topliss-reactive ketones (excluding diaryl/α,β-unsaturated/α-hetero) is 1. The molecule has 0 amide bonds. The highest BCUT2D eigenvalue weighted by Crippen LogP contribution is 2.21. The highest BCUT2D eigenvalue weighted by atomic mass is 32.2. The minimum atomic E-state index is -4.07. The largest absolute Gasteiger partial charge is 0.456 e. The number of aryl methyl sites for hydroxylation is 1. The normalized spacial score (nSPS) is 12.6. The van der Waals surface area contributed by atoms with Crippen LogP contribution in [-0.2, 0) is 19.6 Å². The molecule has 164 valence electrons. The van der Waals surface area contributed by atoms with Gasteiger partial charge >= 0.3 is 5.97 Å². The van der Waals surface area contributed by atoms with Crippen LogP contribution in [0.5, 0.6) is 0 Å². The van der Waals surface area contributed by atoms with E-state index < -0.39 is 28.6 Å². The van der Waals surface area contributed by atoms with Gasteiger partial charge in [0.05, 0.1) is 11.7 Å². The van der Waals surface area contributed by atoms with E-state index in [1.165, 1.54) is 17.8 Å². The first-order valence-corrected chi connectivity index (χ1v) is 12.9. The number of hydrogen-bond donors (Lipinski definition) is 1. The molecule has 0 aliphatic heterocycles. The van der Waals surface area contributed by atoms with Crippen molar-refractivity contribution in [3.8, 4) is 0 Å². The maximum Gasteiger partial charge on any atom is 0.324 e. The number of ketones is 1. The summed E-state index contributed by atoms with van der Waals surface area (Å²) in [5.41, 5.74) is 2.12. The van der Waals surface area contributed by atoms with Crippen LogP contribution in [0.15, 0.2) is 47.4 Å². The van der Waals surface area contributed by atoms with Crippen LogP contribution >= 0.6 is 23.5 Å². The Kier molecular flexibility index (Phi) is 7.76. The second-order valence-electron chi connectivity index (χ2n) is 6.74. The second-order valence-corrected chi connectivity index (χ2v) is 9.94. The van der Waals surface area contributed by atoms with E-state index in [0.29, 0.717) is 16.8 Å². The Morgan fingerprint density at radius 3 is 2.61 bits per heavy atom. The summed E-state index contributed by atoms with van der Waals surface area (Å²) in [5, 5.41) is 0. The molecule has 0 aliphatic rings. The minimum absolute atomic E-state index is 0.0589. The van der Waals surface area contributed by atoms with E-state index in [-0.39, 0.29) is 22.6 Å². The smallest absolute Gasteiger partial charge is 0.324 e. The molecule has 3 aromatic rings. The molecule has 0 saturated carbocycles. The van der Waals surface area contributed by atoms with Crippen LogP contribution in [0.4, 0.5) is 0 Å². The van der Waals surface area contributed by atoms with Crippen molar-refractivity contribution in [1.82, 2.24) is 13.5 Å². The van der Waals surface area contributed by atoms with Crippen molar-refractivity contribution < 1.29 is 22.7 Å². The van der Waals surface area contributed by atoms with E-state index in [9.17, 15) is 18.0 Å². The lowest BCUT2D eigenvalue weighted by molar-refractivity contribution is -0.144. The molecule has 1 atom stereocenters. The fraction of sp³-hybridized carbons (Fsp3) is 0.300. The van der Waals surface area contributed by atoms with E-state index in [4.69, 9.17) is 4.74 Å². The Bertz CT molecular complexity index is 1180. The van der Waals surface area contributed by atoms with Gasteiger partial charge in [0.15, 0.2) is 12.4 Å². The van der Waals surface area contributed by atoms with Gasteiger partial charge in [-0.1, -0.05) is 35.9 Å². The highest BCUT2D eigenvalue weighted by Gasteiger charge is 2.29. The first kappa shape index (κ1) is 23.3. The Balaban J connectivity index is 1.73. The summed E-state index contributed by atoms with van der Waals surface area (Å²) in [6.45, 7) is 1.43. The van der Waals surface area contributed by atoms with Gasteiger partial charge < -0.3 is 4.74 Å². The number of aromatic nitrogens is 2. The number of benzene rings is 2. The van der Waals surface area contributed by atoms with Gasteiger partial charge in [0.2, 0.25) is 10.0 Å². The summed E-state index contributed by atoms with van der Waals surface area (Å²) in [4.78, 5) is 24.9. The van der Waals surface area contributed by atoms with Gasteiger partial charge in [-0.25, -0.2) is 8.42 Å². The van der Waals surface area contributed by atoms with Crippen molar-refractivity contribution in [3.05, 3.63) is 53.6 Å². The van der Waals surface area contributed by atoms with Crippen LogP contribution in [0.25, 0.3) is 11.0 Å². The number of hydrogen-bond acceptors (Lipinski definition) is 9. The van der Waals surface area contributed by atoms with Crippen LogP contribution in [0, 0.1) is 6.92 Å². The maximum absolute atomic E-state index is 13.0. The molecule has 1 heterocycles. The zero-order chi connectivity index (χ0) is 22.4. The van der Waals surface area contributed by atoms with E-state index in [0.717, 1.165) is 17.3 Å². The molecule has 0 spiro atoms. The van der Waals surface area contributed by atoms with Crippen molar-refractivity contribution in [2.45, 2.75) is 24.3 Å². The summed E-state index contributed by atoms with van der Waals surface area (Å²) < 4.78 is 41.6. The maximum atomic E-state index is 13.0. The third kappa shape index (κ3) is 5.88. The van der Waals surface area contributed by atoms with Crippen LogP contribution in [-0.4, -0.2) is 53.6 Å². The van der Waals surface area contributed by atoms with Gasteiger partial charge in [0.25, 0.3) is 0 Å². The van der Waals surface area contributed by atoms with E-state index in [2.05, 4.69) is 13.5 Å². The summed E-state index contributed by atoms with van der Waals surface area (Å²) >= 11 is 2.37. The Morgan fingerprint density at radius 2 is 1.90 bits per heavy atom. The molecule has 11 heteroatoms. The van der Waals surface area contributed by atoms with Crippen molar-refractivity contribution in [3.63, 3.8) is 0 Å². The van der Waals surface area contributed by atoms with Gasteiger partial charge in [0.1, 0.15) is 22.0 Å². The van der Waals surface area contributed by atoms with Crippen LogP contribution < -0.4 is 4.72 Å². The first-order chi connectivity index (χ1) is 14.8. The quantitative estimate of drug-likeness (QED) is 0.349. The standard InChI is InChI=1S/C20H21N3O5S3/c1-13-6-8-14(9-7-13)17(24)12-28-20(25)16(10-11-29-2)23-31(26,27)18-5-3-4-15-19(18)22-30-21-15/h3-9,16,23H,10-12H2,1-2H3/t16-/m1/s1. The molecular weight excluding hydrogens is 458 g/mol. The fourth-order valence-corrected chi connectivity index (χ4v) is 5.23. The van der Waals surface area contributed by atoms with E-state index >= 15 is 0 Å². The predicted octanol–water partition coefficient (Wildman–Crippen LogP) is 2.83. The average molecular weight is 480 g/mol. The molecule has 0 bridgehead atoms. The lowest BCUT2D eigenvalue weighted by Gasteiger charge is -2.17. The monoisotopic (exact) mass is 479 g/mol. The topological polar surface area (TPSA) is 115 Å². The summed E-state index contributed by atoms with van der Waals surface area (Å²) in [5.74, 6) is -0.642. The first-order valence-electron chi connectivity index (χ1n) is 9.31. The van der Waals surface area contributed by atoms with Crippen molar-refractivity contribution in [1.29, 1.82) is 0 Å². The third-order valence-electron chi connectivity index (χ3n) is 4.45. The Morgan fingerprint density at radius 1 is 1.16 bits per heavy atom. The van der Waals surface area contributed by atoms with E-state index in [1.807, 2.05) is 13.2 Å². The van der Waals surface area contributed by atoms with Gasteiger partial charge in [-0.15, -0.1) is 0 Å². The molecule has 31 heavy (non-hydrogen) atoms. The zero-order valence-corrected chi connectivity index (χ0v) is 19.4. The number of ether oxygens (including phenoxy) is 1. The predicted molar refractivity (Wildman–Crippen MR) is 121 cm³/mol. The van der Waals surface area contributed by atoms with Gasteiger partial charge in [-0.05, 0) is 37.5 Å². The number of sulfonamides is 1.